The summed E-state index contributed by atoms with van der Waals surface area (Å²) in [6, 6.07) is 4.67. The van der Waals surface area contributed by atoms with Gasteiger partial charge in [-0.15, -0.1) is 5.10 Å². The lowest BCUT2D eigenvalue weighted by Gasteiger charge is -2.21. The highest BCUT2D eigenvalue weighted by Gasteiger charge is 2.29. The molecule has 0 saturated heterocycles. The molecule has 0 spiro atoms. The number of aromatic nitrogens is 2. The first-order valence-corrected chi connectivity index (χ1v) is 5.08. The van der Waals surface area contributed by atoms with E-state index >= 15 is 0 Å². The predicted molar refractivity (Wildman–Crippen MR) is 56.2 cm³/mol. The lowest BCUT2D eigenvalue weighted by molar-refractivity contribution is 0.756. The molecule has 0 bridgehead atoms. The van der Waals surface area contributed by atoms with E-state index in [1.54, 1.807) is 0 Å². The zero-order valence-corrected chi connectivity index (χ0v) is 8.48. The predicted octanol–water partition coefficient (Wildman–Crippen LogP) is 0.713. The van der Waals surface area contributed by atoms with Gasteiger partial charge in [-0.05, 0) is 31.9 Å². The van der Waals surface area contributed by atoms with Crippen molar-refractivity contribution in [2.45, 2.75) is 25.8 Å². The van der Waals surface area contributed by atoms with E-state index in [-0.39, 0.29) is 0 Å². The van der Waals surface area contributed by atoms with Crippen molar-refractivity contribution in [3.05, 3.63) is 17.8 Å². The van der Waals surface area contributed by atoms with Crippen LogP contribution in [0.5, 0.6) is 0 Å². The Kier molecular flexibility index (Phi) is 2.63. The first-order chi connectivity index (χ1) is 6.81. The van der Waals surface area contributed by atoms with Crippen LogP contribution in [0.15, 0.2) is 12.1 Å². The summed E-state index contributed by atoms with van der Waals surface area (Å²) in [7, 11) is 0. The van der Waals surface area contributed by atoms with Crippen molar-refractivity contribution < 1.29 is 0 Å². The highest BCUT2D eigenvalue weighted by molar-refractivity contribution is 5.40. The normalized spacial score (nSPS) is 15.6. The largest absolute Gasteiger partial charge is 0.351 e. The van der Waals surface area contributed by atoms with Gasteiger partial charge in [0.1, 0.15) is 0 Å². The fourth-order valence-electron chi connectivity index (χ4n) is 1.55. The van der Waals surface area contributed by atoms with E-state index in [2.05, 4.69) is 15.1 Å². The highest BCUT2D eigenvalue weighted by Crippen LogP contribution is 2.29. The zero-order chi connectivity index (χ0) is 9.97. The van der Waals surface area contributed by atoms with Gasteiger partial charge >= 0.3 is 0 Å². The Morgan fingerprint density at radius 1 is 1.43 bits per heavy atom. The molecule has 4 nitrogen and oxygen atoms in total. The average molecular weight is 192 g/mol. The van der Waals surface area contributed by atoms with Crippen LogP contribution in [0.4, 0.5) is 5.82 Å². The molecule has 1 heterocycles. The number of aryl methyl sites for hydroxylation is 1. The van der Waals surface area contributed by atoms with Crippen LogP contribution < -0.4 is 10.6 Å². The van der Waals surface area contributed by atoms with Crippen molar-refractivity contribution in [3.63, 3.8) is 0 Å². The van der Waals surface area contributed by atoms with Gasteiger partial charge in [-0.3, -0.25) is 0 Å². The van der Waals surface area contributed by atoms with Gasteiger partial charge in [0.05, 0.1) is 5.69 Å². The second-order valence-corrected chi connectivity index (χ2v) is 3.75. The Bertz CT molecular complexity index is 291. The summed E-state index contributed by atoms with van der Waals surface area (Å²) in [6.07, 6.45) is 2.52. The van der Waals surface area contributed by atoms with Crippen molar-refractivity contribution in [1.29, 1.82) is 0 Å². The second kappa shape index (κ2) is 3.92. The standard InChI is InChI=1S/C10H16N4/c1-8-2-5-10(13-12-8)14(7-6-11)9-3-4-9/h2,5,9H,3-4,6-7,11H2,1H3. The van der Waals surface area contributed by atoms with Crippen molar-refractivity contribution in [2.24, 2.45) is 5.73 Å². The number of hydrogen-bond acceptors (Lipinski definition) is 4. The monoisotopic (exact) mass is 192 g/mol. The molecule has 0 atom stereocenters. The fourth-order valence-corrected chi connectivity index (χ4v) is 1.55. The molecule has 1 aliphatic rings. The van der Waals surface area contributed by atoms with E-state index in [1.807, 2.05) is 19.1 Å². The van der Waals surface area contributed by atoms with Gasteiger partial charge in [0.15, 0.2) is 5.82 Å². The zero-order valence-electron chi connectivity index (χ0n) is 8.48. The van der Waals surface area contributed by atoms with Crippen LogP contribution >= 0.6 is 0 Å². The quantitative estimate of drug-likeness (QED) is 0.763. The smallest absolute Gasteiger partial charge is 0.151 e. The Morgan fingerprint density at radius 2 is 2.21 bits per heavy atom. The number of hydrogen-bond donors (Lipinski definition) is 1. The van der Waals surface area contributed by atoms with Gasteiger partial charge in [0.25, 0.3) is 0 Å². The van der Waals surface area contributed by atoms with E-state index in [0.29, 0.717) is 12.6 Å². The van der Waals surface area contributed by atoms with Crippen LogP contribution in [-0.4, -0.2) is 29.3 Å². The van der Waals surface area contributed by atoms with Crippen LogP contribution in [0, 0.1) is 6.92 Å². The molecule has 76 valence electrons. The van der Waals surface area contributed by atoms with Crippen LogP contribution in [0.1, 0.15) is 18.5 Å². The van der Waals surface area contributed by atoms with E-state index in [0.717, 1.165) is 18.1 Å². The SMILES string of the molecule is Cc1ccc(N(CCN)C2CC2)nn1. The first kappa shape index (κ1) is 9.40. The number of rotatable bonds is 4. The molecule has 1 fully saturated rings. The lowest BCUT2D eigenvalue weighted by Crippen LogP contribution is -2.32. The van der Waals surface area contributed by atoms with Gasteiger partial charge in [0, 0.05) is 19.1 Å². The third-order valence-electron chi connectivity index (χ3n) is 2.44. The van der Waals surface area contributed by atoms with Crippen molar-refractivity contribution in [2.75, 3.05) is 18.0 Å². The molecule has 0 amide bonds. The second-order valence-electron chi connectivity index (χ2n) is 3.75. The van der Waals surface area contributed by atoms with Crippen LogP contribution in [0.25, 0.3) is 0 Å². The minimum absolute atomic E-state index is 0.649. The van der Waals surface area contributed by atoms with E-state index < -0.39 is 0 Å². The molecule has 0 unspecified atom stereocenters. The van der Waals surface area contributed by atoms with Crippen molar-refractivity contribution >= 4 is 5.82 Å². The van der Waals surface area contributed by atoms with E-state index in [4.69, 9.17) is 5.73 Å². The minimum atomic E-state index is 0.649. The van der Waals surface area contributed by atoms with Gasteiger partial charge in [-0.2, -0.15) is 5.10 Å². The molecule has 1 aliphatic carbocycles. The summed E-state index contributed by atoms with van der Waals surface area (Å²) < 4.78 is 0. The Hall–Kier alpha value is -1.16. The summed E-state index contributed by atoms with van der Waals surface area (Å²) in [6.45, 7) is 3.50. The topological polar surface area (TPSA) is 55.0 Å². The molecule has 0 aliphatic heterocycles. The molecule has 0 aromatic carbocycles. The van der Waals surface area contributed by atoms with Crippen LogP contribution in [-0.2, 0) is 0 Å². The van der Waals surface area contributed by atoms with E-state index in [1.165, 1.54) is 12.8 Å². The Morgan fingerprint density at radius 3 is 2.71 bits per heavy atom. The summed E-state index contributed by atoms with van der Waals surface area (Å²) >= 11 is 0. The molecule has 0 radical (unpaired) electrons. The third-order valence-corrected chi connectivity index (χ3v) is 2.44. The van der Waals surface area contributed by atoms with Crippen LogP contribution in [0.3, 0.4) is 0 Å². The van der Waals surface area contributed by atoms with Gasteiger partial charge < -0.3 is 10.6 Å². The maximum Gasteiger partial charge on any atom is 0.151 e. The van der Waals surface area contributed by atoms with Crippen LogP contribution in [0.2, 0.25) is 0 Å². The molecule has 1 saturated carbocycles. The van der Waals surface area contributed by atoms with Gasteiger partial charge in [-0.1, -0.05) is 0 Å². The third kappa shape index (κ3) is 2.01. The minimum Gasteiger partial charge on any atom is -0.351 e. The molecule has 1 aromatic rings. The average Bonchev–Trinajstić information content (AvgIpc) is 2.99. The molecule has 1 aromatic heterocycles. The summed E-state index contributed by atoms with van der Waals surface area (Å²) in [4.78, 5) is 2.26. The molecule has 14 heavy (non-hydrogen) atoms. The van der Waals surface area contributed by atoms with Crippen molar-refractivity contribution in [3.8, 4) is 0 Å². The maximum absolute atomic E-state index is 5.57. The number of nitrogens with two attached hydrogens (primary N) is 1. The summed E-state index contributed by atoms with van der Waals surface area (Å²) in [5, 5.41) is 8.24. The molecular formula is C10H16N4. The number of nitrogens with zero attached hydrogens (tertiary/aromatic N) is 3. The van der Waals surface area contributed by atoms with Gasteiger partial charge in [-0.25, -0.2) is 0 Å². The van der Waals surface area contributed by atoms with E-state index in [9.17, 15) is 0 Å². The fraction of sp³-hybridized carbons (Fsp3) is 0.600. The molecule has 4 heteroatoms. The first-order valence-electron chi connectivity index (χ1n) is 5.08. The summed E-state index contributed by atoms with van der Waals surface area (Å²) in [5.41, 5.74) is 6.53. The Balaban J connectivity index is 2.13. The molecule has 2 N–H and O–H groups in total. The lowest BCUT2D eigenvalue weighted by atomic mass is 10.4. The number of anilines is 1. The van der Waals surface area contributed by atoms with Gasteiger partial charge in [0.2, 0.25) is 0 Å². The Labute approximate surface area is 84.1 Å². The maximum atomic E-state index is 5.57. The molecule has 2 rings (SSSR count). The van der Waals surface area contributed by atoms with Crippen molar-refractivity contribution in [1.82, 2.24) is 10.2 Å². The summed E-state index contributed by atoms with van der Waals surface area (Å²) in [5.74, 6) is 0.962. The highest BCUT2D eigenvalue weighted by atomic mass is 15.3. The molecular weight excluding hydrogens is 176 g/mol.